The summed E-state index contributed by atoms with van der Waals surface area (Å²) in [6.45, 7) is 5.02. The minimum absolute atomic E-state index is 0.940. The summed E-state index contributed by atoms with van der Waals surface area (Å²) in [5.74, 6) is 0.988. The van der Waals surface area contributed by atoms with Crippen molar-refractivity contribution in [1.29, 1.82) is 0 Å². The van der Waals surface area contributed by atoms with E-state index in [0.29, 0.717) is 0 Å². The molecule has 3 heterocycles. The fourth-order valence-electron chi connectivity index (χ4n) is 3.85. The molecular formula is C21H21N5. The highest BCUT2D eigenvalue weighted by Gasteiger charge is 2.20. The number of anilines is 1. The summed E-state index contributed by atoms with van der Waals surface area (Å²) in [5.41, 5.74) is 2.35. The highest BCUT2D eigenvalue weighted by molar-refractivity contribution is 5.85. The van der Waals surface area contributed by atoms with E-state index in [-0.39, 0.29) is 0 Å². The van der Waals surface area contributed by atoms with Crippen LogP contribution in [0.4, 0.5) is 5.82 Å². The molecule has 0 N–H and O–H groups in total. The van der Waals surface area contributed by atoms with Gasteiger partial charge in [0.15, 0.2) is 11.5 Å². The Bertz CT molecular complexity index is 1040. The second kappa shape index (κ2) is 6.42. The predicted octanol–water partition coefficient (Wildman–Crippen LogP) is 3.20. The van der Waals surface area contributed by atoms with E-state index < -0.39 is 0 Å². The van der Waals surface area contributed by atoms with Crippen LogP contribution >= 0.6 is 0 Å². The first-order valence-electron chi connectivity index (χ1n) is 9.10. The normalized spacial score (nSPS) is 15.8. The van der Waals surface area contributed by atoms with Gasteiger partial charge in [-0.15, -0.1) is 0 Å². The van der Waals surface area contributed by atoms with Gasteiger partial charge in [0, 0.05) is 57.5 Å². The molecule has 0 radical (unpaired) electrons. The molecule has 130 valence electrons. The van der Waals surface area contributed by atoms with Crippen LogP contribution in [0.25, 0.3) is 16.4 Å². The van der Waals surface area contributed by atoms with Gasteiger partial charge in [0.05, 0.1) is 0 Å². The van der Waals surface area contributed by atoms with Gasteiger partial charge in [-0.1, -0.05) is 42.5 Å². The van der Waals surface area contributed by atoms with E-state index in [1.807, 2.05) is 29.2 Å². The number of imidazole rings is 1. The molecule has 5 rings (SSSR count). The second-order valence-electron chi connectivity index (χ2n) is 6.81. The molecule has 0 amide bonds. The smallest absolute Gasteiger partial charge is 0.180 e. The molecule has 0 atom stereocenters. The van der Waals surface area contributed by atoms with Crippen LogP contribution in [-0.4, -0.2) is 45.4 Å². The highest BCUT2D eigenvalue weighted by Crippen LogP contribution is 2.22. The zero-order valence-corrected chi connectivity index (χ0v) is 14.6. The zero-order valence-electron chi connectivity index (χ0n) is 14.6. The van der Waals surface area contributed by atoms with Crippen molar-refractivity contribution in [3.63, 3.8) is 0 Å². The maximum absolute atomic E-state index is 4.58. The van der Waals surface area contributed by atoms with Crippen LogP contribution in [0.2, 0.25) is 0 Å². The van der Waals surface area contributed by atoms with E-state index >= 15 is 0 Å². The highest BCUT2D eigenvalue weighted by atomic mass is 15.3. The van der Waals surface area contributed by atoms with Crippen LogP contribution in [0.15, 0.2) is 67.3 Å². The van der Waals surface area contributed by atoms with E-state index in [4.69, 9.17) is 0 Å². The van der Waals surface area contributed by atoms with Crippen LogP contribution < -0.4 is 4.90 Å². The average Bonchev–Trinajstić information content (AvgIpc) is 3.18. The molecule has 0 unspecified atom stereocenters. The molecule has 2 aromatic heterocycles. The maximum atomic E-state index is 4.58. The quantitative estimate of drug-likeness (QED) is 0.572. The molecule has 26 heavy (non-hydrogen) atoms. The Morgan fingerprint density at radius 2 is 1.58 bits per heavy atom. The third-order valence-corrected chi connectivity index (χ3v) is 5.24. The van der Waals surface area contributed by atoms with Gasteiger partial charge >= 0.3 is 0 Å². The first-order valence-corrected chi connectivity index (χ1v) is 9.10. The molecule has 0 spiro atoms. The summed E-state index contributed by atoms with van der Waals surface area (Å²) in [4.78, 5) is 13.9. The number of hydrogen-bond donors (Lipinski definition) is 0. The molecule has 1 aliphatic heterocycles. The van der Waals surface area contributed by atoms with Crippen LogP contribution in [0.3, 0.4) is 0 Å². The van der Waals surface area contributed by atoms with Crippen molar-refractivity contribution in [3.8, 4) is 0 Å². The minimum atomic E-state index is 0.940. The number of nitrogens with zero attached hydrogens (tertiary/aromatic N) is 5. The number of fused-ring (bicyclic) bond motifs is 2. The lowest BCUT2D eigenvalue weighted by Crippen LogP contribution is -2.46. The van der Waals surface area contributed by atoms with Crippen LogP contribution in [0.5, 0.6) is 0 Å². The van der Waals surface area contributed by atoms with Gasteiger partial charge in [-0.2, -0.15) is 0 Å². The molecule has 1 aliphatic rings. The fourth-order valence-corrected chi connectivity index (χ4v) is 3.85. The van der Waals surface area contributed by atoms with Gasteiger partial charge in [-0.05, 0) is 16.3 Å². The van der Waals surface area contributed by atoms with Crippen molar-refractivity contribution in [2.75, 3.05) is 31.1 Å². The SMILES string of the molecule is c1ccc2c(CN3CCN(c4nccn5ccnc45)CC3)cccc2c1. The summed E-state index contributed by atoms with van der Waals surface area (Å²) in [7, 11) is 0. The number of piperazine rings is 1. The predicted molar refractivity (Wildman–Crippen MR) is 104 cm³/mol. The third-order valence-electron chi connectivity index (χ3n) is 5.24. The van der Waals surface area contributed by atoms with Crippen molar-refractivity contribution in [1.82, 2.24) is 19.3 Å². The first kappa shape index (κ1) is 15.3. The number of benzene rings is 2. The molecule has 0 saturated carbocycles. The average molecular weight is 343 g/mol. The maximum Gasteiger partial charge on any atom is 0.180 e. The molecule has 5 heteroatoms. The van der Waals surface area contributed by atoms with E-state index in [9.17, 15) is 0 Å². The van der Waals surface area contributed by atoms with E-state index in [2.05, 4.69) is 62.2 Å². The molecule has 0 bridgehead atoms. The van der Waals surface area contributed by atoms with Crippen molar-refractivity contribution in [3.05, 3.63) is 72.8 Å². The first-order chi connectivity index (χ1) is 12.9. The van der Waals surface area contributed by atoms with Gasteiger partial charge in [0.1, 0.15) is 0 Å². The second-order valence-corrected chi connectivity index (χ2v) is 6.81. The summed E-state index contributed by atoms with van der Waals surface area (Å²) < 4.78 is 2.03. The topological polar surface area (TPSA) is 36.7 Å². The third kappa shape index (κ3) is 2.70. The number of hydrogen-bond acceptors (Lipinski definition) is 4. The number of rotatable bonds is 3. The minimum Gasteiger partial charge on any atom is -0.351 e. The molecule has 1 fully saturated rings. The van der Waals surface area contributed by atoms with Gasteiger partial charge in [-0.25, -0.2) is 9.97 Å². The van der Waals surface area contributed by atoms with E-state index in [1.54, 1.807) is 0 Å². The molecule has 1 saturated heterocycles. The molecule has 4 aromatic rings. The molecule has 0 aliphatic carbocycles. The van der Waals surface area contributed by atoms with Gasteiger partial charge in [-0.3, -0.25) is 4.90 Å². The van der Waals surface area contributed by atoms with Crippen molar-refractivity contribution in [2.24, 2.45) is 0 Å². The van der Waals surface area contributed by atoms with Crippen molar-refractivity contribution < 1.29 is 0 Å². The van der Waals surface area contributed by atoms with Crippen molar-refractivity contribution >= 4 is 22.2 Å². The lowest BCUT2D eigenvalue weighted by Gasteiger charge is -2.35. The lowest BCUT2D eigenvalue weighted by molar-refractivity contribution is 0.250. The van der Waals surface area contributed by atoms with E-state index in [0.717, 1.165) is 44.2 Å². The Kier molecular flexibility index (Phi) is 3.79. The van der Waals surface area contributed by atoms with Crippen LogP contribution in [0, 0.1) is 0 Å². The molecule has 5 nitrogen and oxygen atoms in total. The van der Waals surface area contributed by atoms with Gasteiger partial charge < -0.3 is 9.30 Å². The molecular weight excluding hydrogens is 322 g/mol. The Labute approximate surface area is 152 Å². The number of aromatic nitrogens is 3. The zero-order chi connectivity index (χ0) is 17.3. The largest absolute Gasteiger partial charge is 0.351 e. The fraction of sp³-hybridized carbons (Fsp3) is 0.238. The summed E-state index contributed by atoms with van der Waals surface area (Å²) in [6, 6.07) is 15.2. The van der Waals surface area contributed by atoms with Crippen LogP contribution in [-0.2, 0) is 6.54 Å². The van der Waals surface area contributed by atoms with Gasteiger partial charge in [0.2, 0.25) is 0 Å². The Morgan fingerprint density at radius 3 is 2.46 bits per heavy atom. The Morgan fingerprint density at radius 1 is 0.808 bits per heavy atom. The standard InChI is InChI=1S/C21H21N5/c1-2-7-19-17(4-1)5-3-6-18(19)16-24-12-14-26(15-13-24)21-20-22-8-10-25(20)11-9-23-21/h1-11H,12-16H2. The summed E-state index contributed by atoms with van der Waals surface area (Å²) >= 11 is 0. The molecule has 2 aromatic carbocycles. The van der Waals surface area contributed by atoms with Gasteiger partial charge in [0.25, 0.3) is 0 Å². The van der Waals surface area contributed by atoms with Crippen LogP contribution in [0.1, 0.15) is 5.56 Å². The van der Waals surface area contributed by atoms with Crippen molar-refractivity contribution in [2.45, 2.75) is 6.54 Å². The summed E-state index contributed by atoms with van der Waals surface area (Å²) in [5, 5.41) is 2.68. The lowest BCUT2D eigenvalue weighted by atomic mass is 10.0. The Balaban J connectivity index is 1.32. The monoisotopic (exact) mass is 343 g/mol. The Hall–Kier alpha value is -2.92. The summed E-state index contributed by atoms with van der Waals surface area (Å²) in [6.07, 6.45) is 7.60. The van der Waals surface area contributed by atoms with E-state index in [1.165, 1.54) is 16.3 Å².